The molecule has 3 atom stereocenters. The van der Waals surface area contributed by atoms with Crippen molar-refractivity contribution < 1.29 is 9.59 Å². The largest absolute Gasteiger partial charge is 0.339 e. The standard InChI is InChI=1S/C17H29NO2/c1-3-8-13(2)17(20)18-12-7-6-10-15(18)14-9-4-5-11-16(14)19/h13-15H,3-12H2,1-2H3. The number of rotatable bonds is 4. The molecule has 2 aliphatic rings. The van der Waals surface area contributed by atoms with Crippen molar-refractivity contribution in [2.45, 2.75) is 77.7 Å². The topological polar surface area (TPSA) is 37.4 Å². The number of ketones is 1. The van der Waals surface area contributed by atoms with E-state index in [2.05, 4.69) is 11.8 Å². The van der Waals surface area contributed by atoms with Crippen LogP contribution in [0, 0.1) is 11.8 Å². The van der Waals surface area contributed by atoms with Gasteiger partial charge in [0.05, 0.1) is 0 Å². The summed E-state index contributed by atoms with van der Waals surface area (Å²) in [4.78, 5) is 26.9. The number of nitrogens with zero attached hydrogens (tertiary/aromatic N) is 1. The molecule has 1 saturated heterocycles. The maximum absolute atomic E-state index is 12.7. The lowest BCUT2D eigenvalue weighted by Gasteiger charge is -2.42. The number of hydrogen-bond donors (Lipinski definition) is 0. The zero-order chi connectivity index (χ0) is 14.5. The average Bonchev–Trinajstić information content (AvgIpc) is 2.47. The summed E-state index contributed by atoms with van der Waals surface area (Å²) in [7, 11) is 0. The molecule has 3 heteroatoms. The molecule has 114 valence electrons. The third kappa shape index (κ3) is 3.42. The van der Waals surface area contributed by atoms with Crippen molar-refractivity contribution in [3.05, 3.63) is 0 Å². The van der Waals surface area contributed by atoms with Gasteiger partial charge < -0.3 is 4.90 Å². The number of piperidine rings is 1. The monoisotopic (exact) mass is 279 g/mol. The van der Waals surface area contributed by atoms with E-state index in [1.54, 1.807) is 0 Å². The van der Waals surface area contributed by atoms with E-state index in [1.807, 2.05) is 6.92 Å². The normalized spacial score (nSPS) is 29.3. The van der Waals surface area contributed by atoms with E-state index in [0.717, 1.165) is 57.9 Å². The van der Waals surface area contributed by atoms with Crippen LogP contribution in [0.2, 0.25) is 0 Å². The molecule has 1 aliphatic heterocycles. The van der Waals surface area contributed by atoms with Crippen LogP contribution in [0.5, 0.6) is 0 Å². The van der Waals surface area contributed by atoms with Crippen molar-refractivity contribution in [1.29, 1.82) is 0 Å². The Morgan fingerprint density at radius 2 is 2.00 bits per heavy atom. The van der Waals surface area contributed by atoms with E-state index in [9.17, 15) is 9.59 Å². The van der Waals surface area contributed by atoms with E-state index in [0.29, 0.717) is 5.78 Å². The van der Waals surface area contributed by atoms with Crippen LogP contribution in [-0.2, 0) is 9.59 Å². The molecule has 3 unspecified atom stereocenters. The van der Waals surface area contributed by atoms with Gasteiger partial charge in [0.1, 0.15) is 5.78 Å². The number of amides is 1. The van der Waals surface area contributed by atoms with Gasteiger partial charge in [0.2, 0.25) is 5.91 Å². The fourth-order valence-electron chi connectivity index (χ4n) is 3.91. The van der Waals surface area contributed by atoms with Crippen LogP contribution >= 0.6 is 0 Å². The summed E-state index contributed by atoms with van der Waals surface area (Å²) < 4.78 is 0. The highest BCUT2D eigenvalue weighted by Crippen LogP contribution is 2.32. The van der Waals surface area contributed by atoms with Crippen LogP contribution in [-0.4, -0.2) is 29.2 Å². The third-order valence-electron chi connectivity index (χ3n) is 5.04. The lowest BCUT2D eigenvalue weighted by molar-refractivity contribution is -0.143. The van der Waals surface area contributed by atoms with Gasteiger partial charge in [-0.15, -0.1) is 0 Å². The minimum absolute atomic E-state index is 0.110. The van der Waals surface area contributed by atoms with Crippen molar-refractivity contribution in [2.75, 3.05) is 6.54 Å². The second kappa shape index (κ2) is 7.24. The molecule has 1 saturated carbocycles. The molecule has 0 aromatic rings. The highest BCUT2D eigenvalue weighted by atomic mass is 16.2. The summed E-state index contributed by atoms with van der Waals surface area (Å²) in [6, 6.07) is 0.198. The maximum atomic E-state index is 12.7. The predicted molar refractivity (Wildman–Crippen MR) is 80.4 cm³/mol. The fourth-order valence-corrected chi connectivity index (χ4v) is 3.91. The van der Waals surface area contributed by atoms with Crippen molar-refractivity contribution in [3.8, 4) is 0 Å². The molecule has 3 nitrogen and oxygen atoms in total. The van der Waals surface area contributed by atoms with Crippen molar-refractivity contribution in [2.24, 2.45) is 11.8 Å². The summed E-state index contributed by atoms with van der Waals surface area (Å²) in [6.07, 6.45) is 9.22. The zero-order valence-electron chi connectivity index (χ0n) is 13.1. The smallest absolute Gasteiger partial charge is 0.225 e. The molecule has 20 heavy (non-hydrogen) atoms. The minimum atomic E-state index is 0.110. The van der Waals surface area contributed by atoms with Crippen molar-refractivity contribution >= 4 is 11.7 Å². The molecule has 0 spiro atoms. The Bertz CT molecular complexity index is 353. The Kier molecular flexibility index (Phi) is 5.62. The van der Waals surface area contributed by atoms with Gasteiger partial charge in [-0.1, -0.05) is 26.7 Å². The highest BCUT2D eigenvalue weighted by molar-refractivity contribution is 5.84. The zero-order valence-corrected chi connectivity index (χ0v) is 13.1. The Balaban J connectivity index is 2.08. The molecule has 1 heterocycles. The fraction of sp³-hybridized carbons (Fsp3) is 0.882. The van der Waals surface area contributed by atoms with Crippen LogP contribution in [0.4, 0.5) is 0 Å². The summed E-state index contributed by atoms with van der Waals surface area (Å²) in [5, 5.41) is 0. The first-order valence-electron chi connectivity index (χ1n) is 8.48. The SMILES string of the molecule is CCCC(C)C(=O)N1CCCCC1C1CCCCC1=O. The lowest BCUT2D eigenvalue weighted by atomic mass is 9.78. The highest BCUT2D eigenvalue weighted by Gasteiger charge is 2.38. The number of likely N-dealkylation sites (tertiary alicyclic amines) is 1. The first-order chi connectivity index (χ1) is 9.65. The molecule has 0 N–H and O–H groups in total. The molecule has 0 aromatic carbocycles. The van der Waals surface area contributed by atoms with Gasteiger partial charge in [-0.3, -0.25) is 9.59 Å². The molecule has 2 rings (SSSR count). The summed E-state index contributed by atoms with van der Waals surface area (Å²) in [5.41, 5.74) is 0. The van der Waals surface area contributed by atoms with Gasteiger partial charge >= 0.3 is 0 Å². The molecule has 0 radical (unpaired) electrons. The molecule has 2 fully saturated rings. The van der Waals surface area contributed by atoms with Gasteiger partial charge in [0.25, 0.3) is 0 Å². The molecular formula is C17H29NO2. The van der Waals surface area contributed by atoms with E-state index >= 15 is 0 Å². The van der Waals surface area contributed by atoms with E-state index in [-0.39, 0.29) is 23.8 Å². The minimum Gasteiger partial charge on any atom is -0.339 e. The quantitative estimate of drug-likeness (QED) is 0.789. The van der Waals surface area contributed by atoms with Gasteiger partial charge in [-0.2, -0.15) is 0 Å². The van der Waals surface area contributed by atoms with Gasteiger partial charge in [0, 0.05) is 30.8 Å². The second-order valence-corrected chi connectivity index (χ2v) is 6.60. The first kappa shape index (κ1) is 15.5. The van der Waals surface area contributed by atoms with Gasteiger partial charge in [-0.05, 0) is 38.5 Å². The number of carbonyl (C=O) groups excluding carboxylic acids is 2. The number of carbonyl (C=O) groups is 2. The summed E-state index contributed by atoms with van der Waals surface area (Å²) in [5.74, 6) is 0.931. The van der Waals surface area contributed by atoms with E-state index < -0.39 is 0 Å². The van der Waals surface area contributed by atoms with E-state index in [1.165, 1.54) is 6.42 Å². The average molecular weight is 279 g/mol. The molecule has 1 aliphatic carbocycles. The van der Waals surface area contributed by atoms with Gasteiger partial charge in [-0.25, -0.2) is 0 Å². The second-order valence-electron chi connectivity index (χ2n) is 6.60. The third-order valence-corrected chi connectivity index (χ3v) is 5.04. The Morgan fingerprint density at radius 3 is 2.70 bits per heavy atom. The summed E-state index contributed by atoms with van der Waals surface area (Å²) >= 11 is 0. The number of Topliss-reactive ketones (excluding diaryl/α,β-unsaturated/α-hetero) is 1. The van der Waals surface area contributed by atoms with Crippen molar-refractivity contribution in [3.63, 3.8) is 0 Å². The molecule has 0 bridgehead atoms. The van der Waals surface area contributed by atoms with Crippen molar-refractivity contribution in [1.82, 2.24) is 4.90 Å². The van der Waals surface area contributed by atoms with Crippen LogP contribution in [0.15, 0.2) is 0 Å². The Hall–Kier alpha value is -0.860. The Morgan fingerprint density at radius 1 is 1.25 bits per heavy atom. The van der Waals surface area contributed by atoms with Crippen LogP contribution in [0.25, 0.3) is 0 Å². The van der Waals surface area contributed by atoms with Crippen LogP contribution in [0.3, 0.4) is 0 Å². The Labute approximate surface area is 123 Å². The van der Waals surface area contributed by atoms with Gasteiger partial charge in [0.15, 0.2) is 0 Å². The van der Waals surface area contributed by atoms with Crippen LogP contribution in [0.1, 0.15) is 71.6 Å². The molecular weight excluding hydrogens is 250 g/mol. The predicted octanol–water partition coefficient (Wildman–Crippen LogP) is 3.56. The summed E-state index contributed by atoms with van der Waals surface area (Å²) in [6.45, 7) is 5.03. The maximum Gasteiger partial charge on any atom is 0.225 e. The van der Waals surface area contributed by atoms with Crippen LogP contribution < -0.4 is 0 Å². The number of hydrogen-bond acceptors (Lipinski definition) is 2. The molecule has 0 aromatic heterocycles. The first-order valence-corrected chi connectivity index (χ1v) is 8.48. The lowest BCUT2D eigenvalue weighted by Crippen LogP contribution is -2.51. The molecule has 1 amide bonds. The van der Waals surface area contributed by atoms with E-state index in [4.69, 9.17) is 0 Å².